The fourth-order valence-electron chi connectivity index (χ4n) is 4.34. The molecule has 0 amide bonds. The lowest BCUT2D eigenvalue weighted by Gasteiger charge is -2.36. The number of nitrogens with zero attached hydrogens (tertiary/aromatic N) is 1. The van der Waals surface area contributed by atoms with Crippen LogP contribution in [0.3, 0.4) is 0 Å². The normalized spacial score (nSPS) is 13.8. The number of phenols is 1. The molecule has 0 aliphatic rings. The zero-order chi connectivity index (χ0) is 22.4. The van der Waals surface area contributed by atoms with E-state index in [0.717, 1.165) is 36.1 Å². The molecule has 0 bridgehead atoms. The number of para-hydroxylation sites is 1. The molecular formula is C28H34NOP. The number of hydrogen-bond donors (Lipinski definition) is 1. The van der Waals surface area contributed by atoms with Crippen LogP contribution in [0.4, 0.5) is 5.69 Å². The number of aromatic hydroxyl groups is 1. The molecule has 2 nitrogen and oxygen atoms in total. The highest BCUT2D eigenvalue weighted by Gasteiger charge is 2.34. The van der Waals surface area contributed by atoms with Gasteiger partial charge in [-0.15, -0.1) is 0 Å². The van der Waals surface area contributed by atoms with Crippen molar-refractivity contribution < 1.29 is 5.11 Å². The van der Waals surface area contributed by atoms with E-state index in [1.165, 1.54) is 22.0 Å². The van der Waals surface area contributed by atoms with Gasteiger partial charge in [0.15, 0.2) is 0 Å². The Hall–Kier alpha value is -2.44. The minimum absolute atomic E-state index is 0.0862. The molecule has 3 heteroatoms. The maximum absolute atomic E-state index is 11.1. The monoisotopic (exact) mass is 431 g/mol. The van der Waals surface area contributed by atoms with E-state index in [2.05, 4.69) is 58.0 Å². The largest absolute Gasteiger partial charge is 0.507 e. The number of aliphatic imine (C=N–C) groups is 1. The fraction of sp³-hybridized carbons (Fsp3) is 0.321. The summed E-state index contributed by atoms with van der Waals surface area (Å²) in [4.78, 5) is 4.73. The average molecular weight is 432 g/mol. The third-order valence-corrected chi connectivity index (χ3v) is 8.30. The molecule has 0 heterocycles. The number of rotatable bonds is 8. The van der Waals surface area contributed by atoms with Crippen molar-refractivity contribution in [1.29, 1.82) is 0 Å². The first kappa shape index (κ1) is 23.2. The molecule has 0 fully saturated rings. The summed E-state index contributed by atoms with van der Waals surface area (Å²) in [6, 6.07) is 20.8. The first-order valence-electron chi connectivity index (χ1n) is 11.2. The maximum atomic E-state index is 11.1. The molecule has 31 heavy (non-hydrogen) atoms. The highest BCUT2D eigenvalue weighted by molar-refractivity contribution is 7.49. The zero-order valence-electron chi connectivity index (χ0n) is 19.4. The van der Waals surface area contributed by atoms with Crippen molar-refractivity contribution in [3.63, 3.8) is 0 Å². The lowest BCUT2D eigenvalue weighted by molar-refractivity contribution is 0.438. The van der Waals surface area contributed by atoms with Gasteiger partial charge in [-0.25, -0.2) is 0 Å². The summed E-state index contributed by atoms with van der Waals surface area (Å²) < 4.78 is 0. The third kappa shape index (κ3) is 5.25. The molecule has 1 N–H and O–H groups in total. The van der Waals surface area contributed by atoms with E-state index < -0.39 is 0 Å². The molecule has 0 radical (unpaired) electrons. The second-order valence-electron chi connectivity index (χ2n) is 8.42. The van der Waals surface area contributed by atoms with Gasteiger partial charge in [0.05, 0.1) is 5.69 Å². The van der Waals surface area contributed by atoms with Gasteiger partial charge >= 0.3 is 0 Å². The van der Waals surface area contributed by atoms with Crippen molar-refractivity contribution in [1.82, 2.24) is 0 Å². The van der Waals surface area contributed by atoms with Crippen LogP contribution in [0.25, 0.3) is 0 Å². The van der Waals surface area contributed by atoms with Gasteiger partial charge in [-0.05, 0) is 62.2 Å². The van der Waals surface area contributed by atoms with Crippen molar-refractivity contribution in [2.24, 2.45) is 4.99 Å². The maximum Gasteiger partial charge on any atom is 0.122 e. The highest BCUT2D eigenvalue weighted by Crippen LogP contribution is 2.52. The van der Waals surface area contributed by atoms with E-state index in [0.29, 0.717) is 14.3 Å². The van der Waals surface area contributed by atoms with Gasteiger partial charge in [0.2, 0.25) is 0 Å². The molecule has 0 saturated heterocycles. The summed E-state index contributed by atoms with van der Waals surface area (Å²) >= 11 is 0. The van der Waals surface area contributed by atoms with E-state index in [1.807, 2.05) is 43.5 Å². The first-order valence-corrected chi connectivity index (χ1v) is 12.2. The summed E-state index contributed by atoms with van der Waals surface area (Å²) in [6.07, 6.45) is 5.10. The molecule has 3 aromatic rings. The van der Waals surface area contributed by atoms with E-state index in [-0.39, 0.29) is 5.16 Å². The SMILES string of the molecule is CCCC(CC)(Pc1c(C)cccc1C=Nc1ccccc1)c1cc(C)cc(C)c1O. The van der Waals surface area contributed by atoms with Crippen LogP contribution in [0, 0.1) is 20.8 Å². The molecule has 0 aromatic heterocycles. The van der Waals surface area contributed by atoms with Crippen LogP contribution in [0.1, 0.15) is 60.9 Å². The van der Waals surface area contributed by atoms with Crippen LogP contribution in [0.5, 0.6) is 5.75 Å². The van der Waals surface area contributed by atoms with Crippen LogP contribution in [0.2, 0.25) is 0 Å². The Bertz CT molecular complexity index is 1060. The summed E-state index contributed by atoms with van der Waals surface area (Å²) in [5.41, 5.74) is 6.68. The topological polar surface area (TPSA) is 32.6 Å². The van der Waals surface area contributed by atoms with Crippen molar-refractivity contribution >= 4 is 25.8 Å². The van der Waals surface area contributed by atoms with Crippen molar-refractivity contribution in [3.05, 3.63) is 88.5 Å². The molecule has 162 valence electrons. The van der Waals surface area contributed by atoms with Crippen LogP contribution in [0.15, 0.2) is 65.7 Å². The van der Waals surface area contributed by atoms with Gasteiger partial charge in [0.25, 0.3) is 0 Å². The molecule has 0 aliphatic heterocycles. The van der Waals surface area contributed by atoms with E-state index in [1.54, 1.807) is 0 Å². The molecule has 0 saturated carbocycles. The molecular weight excluding hydrogens is 397 g/mol. The van der Waals surface area contributed by atoms with Crippen molar-refractivity contribution in [3.8, 4) is 5.75 Å². The van der Waals surface area contributed by atoms with Crippen LogP contribution < -0.4 is 5.30 Å². The summed E-state index contributed by atoms with van der Waals surface area (Å²) in [7, 11) is 0.553. The Morgan fingerprint density at radius 2 is 1.68 bits per heavy atom. The summed E-state index contributed by atoms with van der Waals surface area (Å²) in [5.74, 6) is 0.460. The van der Waals surface area contributed by atoms with Crippen LogP contribution in [-0.4, -0.2) is 11.3 Å². The third-order valence-electron chi connectivity index (χ3n) is 6.02. The van der Waals surface area contributed by atoms with Gasteiger partial charge in [-0.3, -0.25) is 4.99 Å². The van der Waals surface area contributed by atoms with Crippen LogP contribution in [-0.2, 0) is 5.16 Å². The molecule has 2 atom stereocenters. The Morgan fingerprint density at radius 3 is 2.35 bits per heavy atom. The molecule has 3 rings (SSSR count). The van der Waals surface area contributed by atoms with E-state index in [4.69, 9.17) is 4.99 Å². The van der Waals surface area contributed by atoms with E-state index in [9.17, 15) is 5.11 Å². The van der Waals surface area contributed by atoms with Crippen molar-refractivity contribution in [2.45, 2.75) is 59.0 Å². The number of phenolic OH excluding ortho intramolecular Hbond substituents is 1. The van der Waals surface area contributed by atoms with Gasteiger partial charge in [-0.1, -0.05) is 82.9 Å². The number of benzene rings is 3. The van der Waals surface area contributed by atoms with Gasteiger partial charge < -0.3 is 5.11 Å². The minimum atomic E-state index is -0.0862. The quantitative estimate of drug-likeness (QED) is 0.291. The second kappa shape index (κ2) is 10.2. The molecule has 0 spiro atoms. The Labute approximate surface area is 189 Å². The van der Waals surface area contributed by atoms with E-state index >= 15 is 0 Å². The Morgan fingerprint density at radius 1 is 0.935 bits per heavy atom. The second-order valence-corrected chi connectivity index (χ2v) is 10.1. The Balaban J connectivity index is 2.10. The zero-order valence-corrected chi connectivity index (χ0v) is 20.4. The summed E-state index contributed by atoms with van der Waals surface area (Å²) in [6.45, 7) is 10.8. The van der Waals surface area contributed by atoms with Gasteiger partial charge in [0.1, 0.15) is 5.75 Å². The highest BCUT2D eigenvalue weighted by atomic mass is 31.1. The fourth-order valence-corrected chi connectivity index (χ4v) is 6.27. The molecule has 3 aromatic carbocycles. The smallest absolute Gasteiger partial charge is 0.122 e. The lowest BCUT2D eigenvalue weighted by atomic mass is 9.88. The predicted octanol–water partition coefficient (Wildman–Crippen LogP) is 7.48. The number of hydrogen-bond acceptors (Lipinski definition) is 2. The number of aryl methyl sites for hydroxylation is 3. The predicted molar refractivity (Wildman–Crippen MR) is 137 cm³/mol. The van der Waals surface area contributed by atoms with Crippen molar-refractivity contribution in [2.75, 3.05) is 0 Å². The minimum Gasteiger partial charge on any atom is -0.507 e. The first-order chi connectivity index (χ1) is 14.9. The standard InChI is InChI=1S/C28H34NOP/c1-6-16-28(7-2,25-18-20(3)17-22(5)26(25)30)31-27-21(4)12-11-13-23(27)19-29-24-14-9-8-10-15-24/h8-15,17-19,30-31H,6-7,16H2,1-5H3. The van der Waals surface area contributed by atoms with Crippen LogP contribution >= 0.6 is 8.58 Å². The summed E-state index contributed by atoms with van der Waals surface area (Å²) in [5, 5.41) is 12.3. The molecule has 0 aliphatic carbocycles. The van der Waals surface area contributed by atoms with Gasteiger partial charge in [0, 0.05) is 22.5 Å². The lowest BCUT2D eigenvalue weighted by Crippen LogP contribution is -2.25. The Kier molecular flexibility index (Phi) is 7.68. The molecule has 2 unspecified atom stereocenters. The average Bonchev–Trinajstić information content (AvgIpc) is 2.77. The van der Waals surface area contributed by atoms with Gasteiger partial charge in [-0.2, -0.15) is 0 Å².